The molecule has 1 N–H and O–H groups in total. The Labute approximate surface area is 175 Å². The van der Waals surface area contributed by atoms with Crippen molar-refractivity contribution >= 4 is 28.8 Å². The summed E-state index contributed by atoms with van der Waals surface area (Å²) in [7, 11) is 3.92. The number of thiazole rings is 1. The predicted octanol–water partition coefficient (Wildman–Crippen LogP) is 3.01. The topological polar surface area (TPSA) is 74.8 Å². The van der Waals surface area contributed by atoms with Gasteiger partial charge in [-0.25, -0.2) is 4.98 Å². The molecule has 7 nitrogen and oxygen atoms in total. The lowest BCUT2D eigenvalue weighted by Crippen LogP contribution is -2.48. The average molecular weight is 417 g/mol. The highest BCUT2D eigenvalue weighted by Crippen LogP contribution is 2.21. The Kier molecular flexibility index (Phi) is 6.66. The number of morpholine rings is 1. The molecule has 8 heteroatoms. The van der Waals surface area contributed by atoms with Gasteiger partial charge >= 0.3 is 0 Å². The average Bonchev–Trinajstić information content (AvgIpc) is 3.10. The molecule has 0 saturated carbocycles. The first-order valence-corrected chi connectivity index (χ1v) is 10.6. The van der Waals surface area contributed by atoms with Gasteiger partial charge in [-0.3, -0.25) is 9.59 Å². The molecule has 3 rings (SSSR count). The SMILES string of the molecule is Cc1ccc(C(=O)N2C[C@@H](C)O[C@@H](C)C2)cc1NC(=O)c1csc(CN(C)C)n1. The summed E-state index contributed by atoms with van der Waals surface area (Å²) >= 11 is 1.46. The van der Waals surface area contributed by atoms with Gasteiger partial charge in [-0.05, 0) is 52.6 Å². The number of hydrogen-bond donors (Lipinski definition) is 1. The first-order chi connectivity index (χ1) is 13.7. The van der Waals surface area contributed by atoms with E-state index in [-0.39, 0.29) is 24.0 Å². The van der Waals surface area contributed by atoms with Gasteiger partial charge in [0.25, 0.3) is 11.8 Å². The van der Waals surface area contributed by atoms with E-state index in [1.807, 2.05) is 50.7 Å². The molecule has 0 radical (unpaired) electrons. The molecule has 2 heterocycles. The summed E-state index contributed by atoms with van der Waals surface area (Å²) in [5, 5.41) is 5.55. The summed E-state index contributed by atoms with van der Waals surface area (Å²) in [5.74, 6) is -0.322. The highest BCUT2D eigenvalue weighted by Gasteiger charge is 2.27. The Balaban J connectivity index is 1.74. The number of ether oxygens (including phenoxy) is 1. The molecule has 1 saturated heterocycles. The number of rotatable bonds is 5. The van der Waals surface area contributed by atoms with Crippen LogP contribution in [-0.2, 0) is 11.3 Å². The Bertz CT molecular complexity index is 886. The summed E-state index contributed by atoms with van der Waals surface area (Å²) in [5.41, 5.74) is 2.46. The van der Waals surface area contributed by atoms with Crippen molar-refractivity contribution in [3.05, 3.63) is 45.4 Å². The summed E-state index contributed by atoms with van der Waals surface area (Å²) < 4.78 is 5.71. The van der Waals surface area contributed by atoms with Crippen LogP contribution in [0.25, 0.3) is 0 Å². The van der Waals surface area contributed by atoms with Gasteiger partial charge in [0.05, 0.1) is 12.2 Å². The number of nitrogens with zero attached hydrogens (tertiary/aromatic N) is 3. The van der Waals surface area contributed by atoms with Crippen LogP contribution in [0.5, 0.6) is 0 Å². The predicted molar refractivity (Wildman–Crippen MR) is 115 cm³/mol. The van der Waals surface area contributed by atoms with Crippen LogP contribution >= 0.6 is 11.3 Å². The van der Waals surface area contributed by atoms with Gasteiger partial charge in [0, 0.05) is 36.3 Å². The van der Waals surface area contributed by atoms with Crippen molar-refractivity contribution in [3.8, 4) is 0 Å². The summed E-state index contributed by atoms with van der Waals surface area (Å²) in [6.45, 7) is 7.65. The molecule has 0 bridgehead atoms. The molecule has 2 amide bonds. The van der Waals surface area contributed by atoms with Gasteiger partial charge in [0.2, 0.25) is 0 Å². The number of aromatic nitrogens is 1. The number of carbonyl (C=O) groups is 2. The molecule has 0 spiro atoms. The minimum Gasteiger partial charge on any atom is -0.372 e. The number of carbonyl (C=O) groups excluding carboxylic acids is 2. The number of benzene rings is 1. The Hall–Kier alpha value is -2.29. The van der Waals surface area contributed by atoms with E-state index in [9.17, 15) is 9.59 Å². The van der Waals surface area contributed by atoms with Crippen molar-refractivity contribution in [1.82, 2.24) is 14.8 Å². The Morgan fingerprint density at radius 3 is 2.62 bits per heavy atom. The van der Waals surface area contributed by atoms with Crippen molar-refractivity contribution in [2.75, 3.05) is 32.5 Å². The fourth-order valence-electron chi connectivity index (χ4n) is 3.36. The van der Waals surface area contributed by atoms with Crippen molar-refractivity contribution in [2.24, 2.45) is 0 Å². The van der Waals surface area contributed by atoms with Gasteiger partial charge in [-0.1, -0.05) is 6.07 Å². The summed E-state index contributed by atoms with van der Waals surface area (Å²) in [4.78, 5) is 33.8. The van der Waals surface area contributed by atoms with Gasteiger partial charge < -0.3 is 19.9 Å². The largest absolute Gasteiger partial charge is 0.372 e. The molecule has 2 atom stereocenters. The third kappa shape index (κ3) is 5.41. The highest BCUT2D eigenvalue weighted by molar-refractivity contribution is 7.09. The van der Waals surface area contributed by atoms with E-state index in [0.29, 0.717) is 36.6 Å². The molecule has 29 heavy (non-hydrogen) atoms. The summed E-state index contributed by atoms with van der Waals surface area (Å²) in [6, 6.07) is 5.40. The maximum Gasteiger partial charge on any atom is 0.275 e. The molecule has 0 unspecified atom stereocenters. The number of nitrogens with one attached hydrogen (secondary N) is 1. The standard InChI is InChI=1S/C21H28N4O3S/c1-13-6-7-16(21(27)25-9-14(2)28-15(3)10-25)8-17(13)23-20(26)18-12-29-19(22-18)11-24(4)5/h6-8,12,14-15H,9-11H2,1-5H3,(H,23,26)/t14-,15+. The quantitative estimate of drug-likeness (QED) is 0.811. The molecule has 1 aliphatic rings. The zero-order valence-electron chi connectivity index (χ0n) is 17.6. The van der Waals surface area contributed by atoms with E-state index in [0.717, 1.165) is 10.6 Å². The lowest BCUT2D eigenvalue weighted by molar-refractivity contribution is -0.0586. The van der Waals surface area contributed by atoms with E-state index >= 15 is 0 Å². The summed E-state index contributed by atoms with van der Waals surface area (Å²) in [6.07, 6.45) is 0.0155. The number of anilines is 1. The minimum absolute atomic E-state index is 0.00773. The Morgan fingerprint density at radius 1 is 1.28 bits per heavy atom. The second kappa shape index (κ2) is 9.02. The van der Waals surface area contributed by atoms with Crippen LogP contribution in [0.2, 0.25) is 0 Å². The third-order valence-electron chi connectivity index (χ3n) is 4.68. The van der Waals surface area contributed by atoms with Crippen molar-refractivity contribution < 1.29 is 14.3 Å². The molecule has 1 aromatic heterocycles. The minimum atomic E-state index is -0.271. The smallest absolute Gasteiger partial charge is 0.275 e. The maximum atomic E-state index is 13.0. The zero-order chi connectivity index (χ0) is 21.1. The molecule has 156 valence electrons. The number of hydrogen-bond acceptors (Lipinski definition) is 6. The first-order valence-electron chi connectivity index (χ1n) is 9.68. The normalized spacial score (nSPS) is 19.4. The molecular weight excluding hydrogens is 388 g/mol. The van der Waals surface area contributed by atoms with E-state index in [2.05, 4.69) is 10.3 Å². The second-order valence-corrected chi connectivity index (χ2v) is 8.76. The molecular formula is C21H28N4O3S. The van der Waals surface area contributed by atoms with Crippen molar-refractivity contribution in [1.29, 1.82) is 0 Å². The van der Waals surface area contributed by atoms with E-state index in [1.54, 1.807) is 17.5 Å². The van der Waals surface area contributed by atoms with Crippen molar-refractivity contribution in [3.63, 3.8) is 0 Å². The van der Waals surface area contributed by atoms with Crippen LogP contribution in [0.4, 0.5) is 5.69 Å². The van der Waals surface area contributed by atoms with Crippen LogP contribution in [0.1, 0.15) is 45.3 Å². The van der Waals surface area contributed by atoms with E-state index < -0.39 is 0 Å². The molecule has 2 aromatic rings. The lowest BCUT2D eigenvalue weighted by Gasteiger charge is -2.35. The monoisotopic (exact) mass is 416 g/mol. The van der Waals surface area contributed by atoms with Gasteiger partial charge in [-0.2, -0.15) is 0 Å². The maximum absolute atomic E-state index is 13.0. The Morgan fingerprint density at radius 2 is 1.97 bits per heavy atom. The van der Waals surface area contributed by atoms with E-state index in [4.69, 9.17) is 4.74 Å². The lowest BCUT2D eigenvalue weighted by atomic mass is 10.1. The van der Waals surface area contributed by atoms with Crippen LogP contribution in [-0.4, -0.2) is 66.0 Å². The molecule has 1 aromatic carbocycles. The number of aryl methyl sites for hydroxylation is 1. The van der Waals surface area contributed by atoms with Gasteiger partial charge in [0.15, 0.2) is 0 Å². The highest BCUT2D eigenvalue weighted by atomic mass is 32.1. The van der Waals surface area contributed by atoms with Crippen LogP contribution in [0, 0.1) is 6.92 Å². The zero-order valence-corrected chi connectivity index (χ0v) is 18.4. The van der Waals surface area contributed by atoms with Crippen LogP contribution in [0.3, 0.4) is 0 Å². The fourth-order valence-corrected chi connectivity index (χ4v) is 4.25. The van der Waals surface area contributed by atoms with E-state index in [1.165, 1.54) is 11.3 Å². The second-order valence-electron chi connectivity index (χ2n) is 7.82. The molecule has 1 aliphatic heterocycles. The first kappa shape index (κ1) is 21.4. The third-order valence-corrected chi connectivity index (χ3v) is 5.51. The van der Waals surface area contributed by atoms with Crippen LogP contribution in [0.15, 0.2) is 23.6 Å². The van der Waals surface area contributed by atoms with Gasteiger partial charge in [-0.15, -0.1) is 11.3 Å². The fraction of sp³-hybridized carbons (Fsp3) is 0.476. The molecule has 0 aliphatic carbocycles. The van der Waals surface area contributed by atoms with Gasteiger partial charge in [0.1, 0.15) is 10.7 Å². The van der Waals surface area contributed by atoms with Crippen molar-refractivity contribution in [2.45, 2.75) is 39.5 Å². The number of amides is 2. The molecule has 1 fully saturated rings. The van der Waals surface area contributed by atoms with Crippen LogP contribution < -0.4 is 5.32 Å².